The number of carbonyl (C=O) groups is 1. The first-order chi connectivity index (χ1) is 11.4. The van der Waals surface area contributed by atoms with Crippen molar-refractivity contribution in [3.8, 4) is 0 Å². The molecule has 0 unspecified atom stereocenters. The van der Waals surface area contributed by atoms with Crippen molar-refractivity contribution >= 4 is 27.1 Å². The largest absolute Gasteiger partial charge is 0.375 e. The lowest BCUT2D eigenvalue weighted by molar-refractivity contribution is -0.121. The number of rotatable bonds is 8. The molecule has 0 saturated heterocycles. The predicted molar refractivity (Wildman–Crippen MR) is 95.0 cm³/mol. The zero-order valence-corrected chi connectivity index (χ0v) is 15.3. The summed E-state index contributed by atoms with van der Waals surface area (Å²) in [5.74, 6) is -0.0560. The number of nitrogens with one attached hydrogen (secondary N) is 1. The van der Waals surface area contributed by atoms with Gasteiger partial charge in [0.15, 0.2) is 9.84 Å². The van der Waals surface area contributed by atoms with Gasteiger partial charge < -0.3 is 10.1 Å². The molecule has 130 valence electrons. The van der Waals surface area contributed by atoms with Crippen molar-refractivity contribution in [3.63, 3.8) is 0 Å². The van der Waals surface area contributed by atoms with Gasteiger partial charge in [-0.2, -0.15) is 11.3 Å². The molecule has 1 aromatic heterocycles. The van der Waals surface area contributed by atoms with Crippen LogP contribution >= 0.6 is 11.3 Å². The maximum atomic E-state index is 12.0. The van der Waals surface area contributed by atoms with Crippen LogP contribution in [-0.2, 0) is 25.8 Å². The average molecular weight is 367 g/mol. The Morgan fingerprint density at radius 1 is 1.25 bits per heavy atom. The smallest absolute Gasteiger partial charge is 0.220 e. The molecule has 0 aliphatic rings. The summed E-state index contributed by atoms with van der Waals surface area (Å²) in [7, 11) is -1.56. The van der Waals surface area contributed by atoms with E-state index in [1.165, 1.54) is 6.26 Å². The van der Waals surface area contributed by atoms with E-state index >= 15 is 0 Å². The van der Waals surface area contributed by atoms with Crippen molar-refractivity contribution in [3.05, 3.63) is 52.2 Å². The van der Waals surface area contributed by atoms with Gasteiger partial charge in [-0.1, -0.05) is 12.1 Å². The minimum absolute atomic E-state index is 0.0560. The van der Waals surface area contributed by atoms with E-state index in [2.05, 4.69) is 5.32 Å². The molecule has 7 heteroatoms. The molecule has 24 heavy (non-hydrogen) atoms. The highest BCUT2D eigenvalue weighted by Gasteiger charge is 2.12. The molecule has 1 aromatic carbocycles. The standard InChI is InChI=1S/C17H21NO4S2/c1-22-16(14-9-10-23-12-14)11-18-17(19)8-5-13-3-6-15(7-4-13)24(2,20)21/h3-4,6-7,9-10,12,16H,5,8,11H2,1-2H3,(H,18,19)/t16-/m1/s1. The lowest BCUT2D eigenvalue weighted by atomic mass is 10.1. The number of benzene rings is 1. The Morgan fingerprint density at radius 3 is 2.50 bits per heavy atom. The Hall–Kier alpha value is -1.70. The van der Waals surface area contributed by atoms with Gasteiger partial charge in [0.05, 0.1) is 4.90 Å². The molecule has 0 fully saturated rings. The third-order valence-corrected chi connectivity index (χ3v) is 5.51. The van der Waals surface area contributed by atoms with Crippen molar-refractivity contribution in [1.82, 2.24) is 5.32 Å². The van der Waals surface area contributed by atoms with E-state index in [-0.39, 0.29) is 16.9 Å². The molecule has 1 amide bonds. The highest BCUT2D eigenvalue weighted by atomic mass is 32.2. The number of thiophene rings is 1. The first-order valence-electron chi connectivity index (χ1n) is 7.50. The second-order valence-electron chi connectivity index (χ2n) is 5.50. The van der Waals surface area contributed by atoms with Gasteiger partial charge in [-0.15, -0.1) is 0 Å². The fourth-order valence-electron chi connectivity index (χ4n) is 2.25. The molecule has 2 rings (SSSR count). The van der Waals surface area contributed by atoms with E-state index in [4.69, 9.17) is 4.74 Å². The van der Waals surface area contributed by atoms with Crippen LogP contribution in [0.2, 0.25) is 0 Å². The molecule has 0 bridgehead atoms. The van der Waals surface area contributed by atoms with Gasteiger partial charge in [-0.05, 0) is 46.5 Å². The first kappa shape index (κ1) is 18.6. The molecule has 0 aliphatic heterocycles. The molecule has 2 aromatic rings. The molecule has 0 aliphatic carbocycles. The van der Waals surface area contributed by atoms with Crippen LogP contribution < -0.4 is 5.32 Å². The average Bonchev–Trinajstić information content (AvgIpc) is 3.07. The van der Waals surface area contributed by atoms with Crippen LogP contribution in [0, 0.1) is 0 Å². The molecule has 1 N–H and O–H groups in total. The summed E-state index contributed by atoms with van der Waals surface area (Å²) in [6.07, 6.45) is 1.94. The van der Waals surface area contributed by atoms with Crippen LogP contribution in [0.15, 0.2) is 46.0 Å². The maximum Gasteiger partial charge on any atom is 0.220 e. The first-order valence-corrected chi connectivity index (χ1v) is 10.3. The summed E-state index contributed by atoms with van der Waals surface area (Å²) in [6, 6.07) is 8.61. The molecule has 0 saturated carbocycles. The van der Waals surface area contributed by atoms with Gasteiger partial charge in [0.1, 0.15) is 6.10 Å². The van der Waals surface area contributed by atoms with Crippen molar-refractivity contribution in [1.29, 1.82) is 0 Å². The molecular weight excluding hydrogens is 346 g/mol. The fraction of sp³-hybridized carbons (Fsp3) is 0.353. The van der Waals surface area contributed by atoms with Crippen molar-refractivity contribution in [2.75, 3.05) is 19.9 Å². The van der Waals surface area contributed by atoms with Gasteiger partial charge in [0.2, 0.25) is 5.91 Å². The highest BCUT2D eigenvalue weighted by molar-refractivity contribution is 7.90. The summed E-state index contributed by atoms with van der Waals surface area (Å²) < 4.78 is 28.2. The molecule has 1 atom stereocenters. The summed E-state index contributed by atoms with van der Waals surface area (Å²) in [5.41, 5.74) is 1.98. The molecule has 1 heterocycles. The van der Waals surface area contributed by atoms with Crippen molar-refractivity contribution < 1.29 is 17.9 Å². The van der Waals surface area contributed by atoms with Crippen LogP contribution in [-0.4, -0.2) is 34.2 Å². The van der Waals surface area contributed by atoms with E-state index in [0.717, 1.165) is 11.1 Å². The third kappa shape index (κ3) is 5.43. The maximum absolute atomic E-state index is 12.0. The summed E-state index contributed by atoms with van der Waals surface area (Å²) >= 11 is 1.59. The number of hydrogen-bond donors (Lipinski definition) is 1. The number of amides is 1. The Labute approximate surface area is 146 Å². The summed E-state index contributed by atoms with van der Waals surface area (Å²) in [6.45, 7) is 0.430. The van der Waals surface area contributed by atoms with Gasteiger partial charge in [-0.3, -0.25) is 4.79 Å². The number of methoxy groups -OCH3 is 1. The highest BCUT2D eigenvalue weighted by Crippen LogP contribution is 2.18. The second-order valence-corrected chi connectivity index (χ2v) is 8.30. The fourth-order valence-corrected chi connectivity index (χ4v) is 3.58. The monoisotopic (exact) mass is 367 g/mol. The van der Waals surface area contributed by atoms with Crippen LogP contribution in [0.5, 0.6) is 0 Å². The Balaban J connectivity index is 1.80. The van der Waals surface area contributed by atoms with E-state index in [1.807, 2.05) is 16.8 Å². The van der Waals surface area contributed by atoms with Gasteiger partial charge in [0, 0.05) is 26.3 Å². The molecule has 5 nitrogen and oxygen atoms in total. The normalized spacial score (nSPS) is 12.8. The van der Waals surface area contributed by atoms with E-state index in [1.54, 1.807) is 42.7 Å². The Kier molecular flexibility index (Phi) is 6.53. The SMILES string of the molecule is CO[C@H](CNC(=O)CCc1ccc(S(C)(=O)=O)cc1)c1ccsc1. The quantitative estimate of drug-likeness (QED) is 0.778. The lowest BCUT2D eigenvalue weighted by Gasteiger charge is -2.15. The topological polar surface area (TPSA) is 72.5 Å². The van der Waals surface area contributed by atoms with Gasteiger partial charge in [0.25, 0.3) is 0 Å². The number of carbonyl (C=O) groups excluding carboxylic acids is 1. The van der Waals surface area contributed by atoms with Gasteiger partial charge in [-0.25, -0.2) is 8.42 Å². The zero-order valence-electron chi connectivity index (χ0n) is 13.7. The third-order valence-electron chi connectivity index (χ3n) is 3.68. The zero-order chi connectivity index (χ0) is 17.6. The van der Waals surface area contributed by atoms with Crippen molar-refractivity contribution in [2.45, 2.75) is 23.8 Å². The van der Waals surface area contributed by atoms with E-state index in [0.29, 0.717) is 19.4 Å². The second kappa shape index (κ2) is 8.41. The Morgan fingerprint density at radius 2 is 1.96 bits per heavy atom. The number of ether oxygens (including phenoxy) is 1. The summed E-state index contributed by atoms with van der Waals surface area (Å²) in [4.78, 5) is 12.3. The van der Waals surface area contributed by atoms with Crippen LogP contribution in [0.1, 0.15) is 23.7 Å². The molecule has 0 spiro atoms. The van der Waals surface area contributed by atoms with Crippen molar-refractivity contribution in [2.24, 2.45) is 0 Å². The summed E-state index contributed by atoms with van der Waals surface area (Å²) in [5, 5.41) is 6.85. The minimum atomic E-state index is -3.19. The van der Waals surface area contributed by atoms with Gasteiger partial charge >= 0.3 is 0 Å². The van der Waals surface area contributed by atoms with E-state index in [9.17, 15) is 13.2 Å². The number of hydrogen-bond acceptors (Lipinski definition) is 5. The molecule has 0 radical (unpaired) electrons. The molecular formula is C17H21NO4S2. The number of sulfone groups is 1. The predicted octanol–water partition coefficient (Wildman–Crippen LogP) is 2.59. The van der Waals surface area contributed by atoms with E-state index < -0.39 is 9.84 Å². The van der Waals surface area contributed by atoms with Crippen LogP contribution in [0.3, 0.4) is 0 Å². The number of aryl methyl sites for hydroxylation is 1. The lowest BCUT2D eigenvalue weighted by Crippen LogP contribution is -2.29. The Bertz CT molecular complexity index is 752. The van der Waals surface area contributed by atoms with Crippen LogP contribution in [0.25, 0.3) is 0 Å². The van der Waals surface area contributed by atoms with Crippen LogP contribution in [0.4, 0.5) is 0 Å². The minimum Gasteiger partial charge on any atom is -0.375 e.